The SMILES string of the molecule is [2H]C([2H])(c1ccnc(-c2ccc(-c3ccccc3)c(Cc3ccccc3)c2)c1)C(C)C. The van der Waals surface area contributed by atoms with Crippen molar-refractivity contribution in [3.8, 4) is 22.4 Å². The van der Waals surface area contributed by atoms with E-state index in [4.69, 9.17) is 2.74 Å². The highest BCUT2D eigenvalue weighted by molar-refractivity contribution is 5.73. The van der Waals surface area contributed by atoms with Crippen LogP contribution in [0, 0.1) is 5.92 Å². The topological polar surface area (TPSA) is 12.9 Å². The van der Waals surface area contributed by atoms with Crippen molar-refractivity contribution >= 4 is 0 Å². The summed E-state index contributed by atoms with van der Waals surface area (Å²) in [6.45, 7) is 3.82. The van der Waals surface area contributed by atoms with E-state index in [0.717, 1.165) is 17.7 Å². The lowest BCUT2D eigenvalue weighted by molar-refractivity contribution is 0.647. The summed E-state index contributed by atoms with van der Waals surface area (Å²) in [5.74, 6) is -0.114. The van der Waals surface area contributed by atoms with Gasteiger partial charge in [0, 0.05) is 14.5 Å². The molecule has 1 heterocycles. The third kappa shape index (κ3) is 4.81. The minimum atomic E-state index is -1.39. The second-order valence-electron chi connectivity index (χ2n) is 7.63. The zero-order chi connectivity index (χ0) is 21.8. The average Bonchev–Trinajstić information content (AvgIpc) is 2.80. The summed E-state index contributed by atoms with van der Waals surface area (Å²) in [6.07, 6.45) is 1.15. The van der Waals surface area contributed by atoms with Crippen LogP contribution in [-0.2, 0) is 12.8 Å². The summed E-state index contributed by atoms with van der Waals surface area (Å²) < 4.78 is 16.9. The third-order valence-corrected chi connectivity index (χ3v) is 4.94. The van der Waals surface area contributed by atoms with Gasteiger partial charge in [0.1, 0.15) is 0 Å². The zero-order valence-electron chi connectivity index (χ0n) is 19.0. The van der Waals surface area contributed by atoms with E-state index in [9.17, 15) is 0 Å². The van der Waals surface area contributed by atoms with E-state index in [1.807, 2.05) is 32.0 Å². The Kier molecular flexibility index (Phi) is 5.12. The summed E-state index contributed by atoms with van der Waals surface area (Å²) in [5, 5.41) is 0. The van der Waals surface area contributed by atoms with Gasteiger partial charge in [0.2, 0.25) is 0 Å². The second kappa shape index (κ2) is 8.87. The molecule has 144 valence electrons. The molecule has 0 bridgehead atoms. The monoisotopic (exact) mass is 379 g/mol. The smallest absolute Gasteiger partial charge is 0.0704 e. The maximum Gasteiger partial charge on any atom is 0.0704 e. The molecule has 0 spiro atoms. The minimum absolute atomic E-state index is 0.114. The molecule has 1 heteroatoms. The molecule has 0 saturated heterocycles. The van der Waals surface area contributed by atoms with Crippen LogP contribution in [0.5, 0.6) is 0 Å². The molecule has 0 N–H and O–H groups in total. The van der Waals surface area contributed by atoms with Gasteiger partial charge in [0.05, 0.1) is 5.69 Å². The number of rotatable bonds is 6. The van der Waals surface area contributed by atoms with Crippen molar-refractivity contribution in [2.75, 3.05) is 0 Å². The first-order valence-corrected chi connectivity index (χ1v) is 10.1. The van der Waals surface area contributed by atoms with Crippen LogP contribution in [0.4, 0.5) is 0 Å². The maximum atomic E-state index is 8.46. The normalized spacial score (nSPS) is 12.5. The first-order chi connectivity index (χ1) is 14.9. The Hall–Kier alpha value is -3.19. The van der Waals surface area contributed by atoms with Gasteiger partial charge in [-0.3, -0.25) is 4.98 Å². The van der Waals surface area contributed by atoms with E-state index >= 15 is 0 Å². The summed E-state index contributed by atoms with van der Waals surface area (Å²) in [5.41, 5.74) is 7.37. The molecule has 0 aliphatic carbocycles. The molecule has 1 aromatic heterocycles. The van der Waals surface area contributed by atoms with Crippen molar-refractivity contribution in [2.24, 2.45) is 5.92 Å². The molecule has 3 aromatic carbocycles. The first kappa shape index (κ1) is 16.7. The van der Waals surface area contributed by atoms with Crippen LogP contribution in [0.15, 0.2) is 97.2 Å². The Morgan fingerprint density at radius 1 is 0.759 bits per heavy atom. The Labute approximate surface area is 176 Å². The summed E-state index contributed by atoms with van der Waals surface area (Å²) in [4.78, 5) is 4.57. The van der Waals surface area contributed by atoms with Crippen LogP contribution >= 0.6 is 0 Å². The predicted molar refractivity (Wildman–Crippen MR) is 123 cm³/mol. The van der Waals surface area contributed by atoms with Crippen LogP contribution in [-0.4, -0.2) is 4.98 Å². The Morgan fingerprint density at radius 3 is 2.21 bits per heavy atom. The molecule has 0 radical (unpaired) electrons. The molecule has 0 aliphatic rings. The van der Waals surface area contributed by atoms with Crippen molar-refractivity contribution in [3.63, 3.8) is 0 Å². The van der Waals surface area contributed by atoms with Crippen molar-refractivity contribution in [2.45, 2.75) is 26.6 Å². The standard InChI is InChI=1S/C28H27N/c1-21(2)17-23-15-16-29-28(19-23)25-13-14-27(24-11-7-4-8-12-24)26(20-25)18-22-9-5-3-6-10-22/h3-16,19-21H,17-18H2,1-2H3/i17D2. The fraction of sp³-hybridized carbons (Fsp3) is 0.179. The van der Waals surface area contributed by atoms with Crippen LogP contribution in [0.3, 0.4) is 0 Å². The molecule has 4 rings (SSSR count). The highest BCUT2D eigenvalue weighted by Gasteiger charge is 2.10. The fourth-order valence-electron chi connectivity index (χ4n) is 3.63. The molecule has 0 unspecified atom stereocenters. The molecular formula is C28H27N. The number of aromatic nitrogens is 1. The summed E-state index contributed by atoms with van der Waals surface area (Å²) in [7, 11) is 0. The Balaban J connectivity index is 1.79. The minimum Gasteiger partial charge on any atom is -0.256 e. The number of benzene rings is 3. The van der Waals surface area contributed by atoms with Gasteiger partial charge in [0.15, 0.2) is 0 Å². The molecule has 29 heavy (non-hydrogen) atoms. The second-order valence-corrected chi connectivity index (χ2v) is 7.63. The molecule has 0 fully saturated rings. The number of nitrogens with zero attached hydrogens (tertiary/aromatic N) is 1. The van der Waals surface area contributed by atoms with Crippen LogP contribution < -0.4 is 0 Å². The largest absolute Gasteiger partial charge is 0.256 e. The molecular weight excluding hydrogens is 350 g/mol. The fourth-order valence-corrected chi connectivity index (χ4v) is 3.63. The van der Waals surface area contributed by atoms with Gasteiger partial charge in [-0.2, -0.15) is 0 Å². The average molecular weight is 380 g/mol. The lowest BCUT2D eigenvalue weighted by atomic mass is 9.92. The maximum absolute atomic E-state index is 8.46. The van der Waals surface area contributed by atoms with Gasteiger partial charge in [0.25, 0.3) is 0 Å². The van der Waals surface area contributed by atoms with Crippen molar-refractivity contribution in [1.29, 1.82) is 0 Å². The Morgan fingerprint density at radius 2 is 1.48 bits per heavy atom. The van der Waals surface area contributed by atoms with Crippen molar-refractivity contribution in [3.05, 3.63) is 114 Å². The third-order valence-electron chi connectivity index (χ3n) is 4.94. The number of hydrogen-bond donors (Lipinski definition) is 0. The van der Waals surface area contributed by atoms with Gasteiger partial charge in [-0.15, -0.1) is 0 Å². The van der Waals surface area contributed by atoms with Crippen LogP contribution in [0.2, 0.25) is 0 Å². The molecule has 0 atom stereocenters. The lowest BCUT2D eigenvalue weighted by Gasteiger charge is -2.13. The lowest BCUT2D eigenvalue weighted by Crippen LogP contribution is -1.97. The molecule has 1 nitrogen and oxygen atoms in total. The van der Waals surface area contributed by atoms with Gasteiger partial charge in [-0.05, 0) is 64.7 Å². The predicted octanol–water partition coefficient (Wildman–Crippen LogP) is 7.20. The molecule has 4 aromatic rings. The van der Waals surface area contributed by atoms with Crippen molar-refractivity contribution < 1.29 is 2.74 Å². The zero-order valence-corrected chi connectivity index (χ0v) is 17.0. The van der Waals surface area contributed by atoms with E-state index in [-0.39, 0.29) is 5.92 Å². The van der Waals surface area contributed by atoms with Crippen LogP contribution in [0.25, 0.3) is 22.4 Å². The summed E-state index contributed by atoms with van der Waals surface area (Å²) >= 11 is 0. The number of pyridine rings is 1. The van der Waals surface area contributed by atoms with E-state index in [0.29, 0.717) is 5.56 Å². The molecule has 0 aliphatic heterocycles. The Bertz CT molecular complexity index is 1150. The van der Waals surface area contributed by atoms with Gasteiger partial charge in [-0.25, -0.2) is 0 Å². The van der Waals surface area contributed by atoms with Crippen molar-refractivity contribution in [1.82, 2.24) is 4.98 Å². The first-order valence-electron chi connectivity index (χ1n) is 11.1. The van der Waals surface area contributed by atoms with Gasteiger partial charge in [-0.1, -0.05) is 86.6 Å². The van der Waals surface area contributed by atoms with E-state index in [2.05, 4.69) is 71.7 Å². The van der Waals surface area contributed by atoms with E-state index < -0.39 is 6.37 Å². The number of hydrogen-bond acceptors (Lipinski definition) is 1. The van der Waals surface area contributed by atoms with Gasteiger partial charge < -0.3 is 0 Å². The molecule has 0 saturated carbocycles. The van der Waals surface area contributed by atoms with E-state index in [1.54, 1.807) is 12.3 Å². The van der Waals surface area contributed by atoms with E-state index in [1.165, 1.54) is 22.3 Å². The van der Waals surface area contributed by atoms with Gasteiger partial charge >= 0.3 is 0 Å². The highest BCUT2D eigenvalue weighted by atomic mass is 14.7. The highest BCUT2D eigenvalue weighted by Crippen LogP contribution is 2.30. The quantitative estimate of drug-likeness (QED) is 0.345. The van der Waals surface area contributed by atoms with Crippen LogP contribution in [0.1, 0.15) is 33.3 Å². The summed E-state index contributed by atoms with van der Waals surface area (Å²) in [6, 6.07) is 31.0. The molecule has 0 amide bonds.